The van der Waals surface area contributed by atoms with Crippen molar-refractivity contribution in [1.29, 1.82) is 0 Å². The van der Waals surface area contributed by atoms with Crippen molar-refractivity contribution < 1.29 is 14.3 Å². The number of carbonyl (C=O) groups excluding carboxylic acids is 1. The van der Waals surface area contributed by atoms with E-state index in [0.717, 1.165) is 39.7 Å². The van der Waals surface area contributed by atoms with Crippen molar-refractivity contribution in [2.75, 3.05) is 13.7 Å². The average molecular weight is 421 g/mol. The zero-order valence-electron chi connectivity index (χ0n) is 17.3. The normalized spacial score (nSPS) is 11.9. The van der Waals surface area contributed by atoms with Crippen molar-refractivity contribution >= 4 is 38.2 Å². The van der Waals surface area contributed by atoms with Crippen LogP contribution in [-0.4, -0.2) is 24.2 Å². The monoisotopic (exact) mass is 420 g/mol. The summed E-state index contributed by atoms with van der Waals surface area (Å²) < 4.78 is 14.3. The van der Waals surface area contributed by atoms with E-state index >= 15 is 0 Å². The topological polar surface area (TPSA) is 52.8 Å². The predicted octanol–water partition coefficient (Wildman–Crippen LogP) is 5.41. The first-order valence-electron chi connectivity index (χ1n) is 10.1. The number of rotatable bonds is 6. The summed E-state index contributed by atoms with van der Waals surface area (Å²) in [5.74, 6) is 1.05. The van der Waals surface area contributed by atoms with Crippen LogP contribution < -0.4 is 14.3 Å². The van der Waals surface area contributed by atoms with Crippen LogP contribution in [0.25, 0.3) is 21.0 Å². The third kappa shape index (κ3) is 3.83. The van der Waals surface area contributed by atoms with Gasteiger partial charge >= 0.3 is 0 Å². The van der Waals surface area contributed by atoms with Crippen molar-refractivity contribution in [3.8, 4) is 11.5 Å². The zero-order chi connectivity index (χ0) is 21.1. The molecule has 4 rings (SSSR count). The maximum atomic E-state index is 13.2. The SMILES string of the molecule is CCCn1c(=NC(=O)c2cc3ccccc3cc2OC)sc2cc(OCC)ccc21. The van der Waals surface area contributed by atoms with Crippen molar-refractivity contribution in [1.82, 2.24) is 4.57 Å². The van der Waals surface area contributed by atoms with Crippen molar-refractivity contribution in [2.24, 2.45) is 4.99 Å². The molecule has 30 heavy (non-hydrogen) atoms. The molecule has 0 aliphatic carbocycles. The lowest BCUT2D eigenvalue weighted by Gasteiger charge is -2.08. The highest BCUT2D eigenvalue weighted by Gasteiger charge is 2.15. The molecule has 0 unspecified atom stereocenters. The fraction of sp³-hybridized carbons (Fsp3) is 0.250. The van der Waals surface area contributed by atoms with Gasteiger partial charge in [0.15, 0.2) is 4.80 Å². The summed E-state index contributed by atoms with van der Waals surface area (Å²) in [6.07, 6.45) is 0.944. The number of thiazole rings is 1. The Labute approximate surface area is 179 Å². The van der Waals surface area contributed by atoms with Crippen LogP contribution in [0.4, 0.5) is 0 Å². The number of aromatic nitrogens is 1. The Bertz CT molecular complexity index is 1290. The lowest BCUT2D eigenvalue weighted by atomic mass is 10.1. The third-order valence-corrected chi connectivity index (χ3v) is 5.95. The van der Waals surface area contributed by atoms with Crippen LogP contribution in [0.2, 0.25) is 0 Å². The molecular weight excluding hydrogens is 396 g/mol. The Morgan fingerprint density at radius 3 is 2.53 bits per heavy atom. The van der Waals surface area contributed by atoms with Gasteiger partial charge in [0.25, 0.3) is 5.91 Å². The van der Waals surface area contributed by atoms with E-state index in [2.05, 4.69) is 16.5 Å². The molecule has 0 spiro atoms. The number of ether oxygens (including phenoxy) is 2. The Kier molecular flexibility index (Phi) is 5.86. The van der Waals surface area contributed by atoms with Crippen LogP contribution in [0.5, 0.6) is 11.5 Å². The second-order valence-corrected chi connectivity index (χ2v) is 7.92. The number of methoxy groups -OCH3 is 1. The number of carbonyl (C=O) groups is 1. The molecule has 0 atom stereocenters. The Balaban J connectivity index is 1.85. The molecule has 0 saturated carbocycles. The fourth-order valence-corrected chi connectivity index (χ4v) is 4.62. The molecule has 0 aliphatic rings. The number of hydrogen-bond acceptors (Lipinski definition) is 4. The minimum Gasteiger partial charge on any atom is -0.496 e. The number of fused-ring (bicyclic) bond motifs is 2. The van der Waals surface area contributed by atoms with Gasteiger partial charge in [-0.25, -0.2) is 0 Å². The molecule has 1 amide bonds. The summed E-state index contributed by atoms with van der Waals surface area (Å²) in [5.41, 5.74) is 1.52. The molecule has 0 bridgehead atoms. The number of aryl methyl sites for hydroxylation is 1. The smallest absolute Gasteiger partial charge is 0.283 e. The molecule has 0 saturated heterocycles. The highest BCUT2D eigenvalue weighted by molar-refractivity contribution is 7.16. The van der Waals surface area contributed by atoms with E-state index in [1.54, 1.807) is 7.11 Å². The van der Waals surface area contributed by atoms with Gasteiger partial charge in [-0.3, -0.25) is 4.79 Å². The molecule has 1 heterocycles. The van der Waals surface area contributed by atoms with Crippen LogP contribution in [0, 0.1) is 0 Å². The summed E-state index contributed by atoms with van der Waals surface area (Å²) in [4.78, 5) is 18.3. The van der Waals surface area contributed by atoms with Crippen LogP contribution in [-0.2, 0) is 6.54 Å². The highest BCUT2D eigenvalue weighted by atomic mass is 32.1. The summed E-state index contributed by atoms with van der Waals surface area (Å²) in [6.45, 7) is 5.48. The first-order chi connectivity index (χ1) is 14.6. The van der Waals surface area contributed by atoms with Crippen LogP contribution in [0.3, 0.4) is 0 Å². The van der Waals surface area contributed by atoms with E-state index in [1.165, 1.54) is 11.3 Å². The number of nitrogens with zero attached hydrogens (tertiary/aromatic N) is 2. The van der Waals surface area contributed by atoms with E-state index in [-0.39, 0.29) is 5.91 Å². The summed E-state index contributed by atoms with van der Waals surface area (Å²) >= 11 is 1.50. The Morgan fingerprint density at radius 1 is 1.07 bits per heavy atom. The van der Waals surface area contributed by atoms with Crippen LogP contribution >= 0.6 is 11.3 Å². The number of amides is 1. The molecule has 3 aromatic carbocycles. The molecular formula is C24H24N2O3S. The van der Waals surface area contributed by atoms with Gasteiger partial charge in [0.2, 0.25) is 0 Å². The van der Waals surface area contributed by atoms with E-state index < -0.39 is 0 Å². The minimum absolute atomic E-state index is 0.306. The second kappa shape index (κ2) is 8.71. The zero-order valence-corrected chi connectivity index (χ0v) is 18.2. The summed E-state index contributed by atoms with van der Waals surface area (Å²) in [5, 5.41) is 2.01. The summed E-state index contributed by atoms with van der Waals surface area (Å²) in [7, 11) is 1.58. The fourth-order valence-electron chi connectivity index (χ4n) is 3.54. The second-order valence-electron chi connectivity index (χ2n) is 6.92. The van der Waals surface area contributed by atoms with E-state index in [4.69, 9.17) is 9.47 Å². The van der Waals surface area contributed by atoms with Crippen molar-refractivity contribution in [3.05, 3.63) is 65.0 Å². The first-order valence-corrected chi connectivity index (χ1v) is 10.9. The molecule has 0 fully saturated rings. The quantitative estimate of drug-likeness (QED) is 0.419. The minimum atomic E-state index is -0.306. The molecule has 5 nitrogen and oxygen atoms in total. The van der Waals surface area contributed by atoms with Crippen molar-refractivity contribution in [2.45, 2.75) is 26.8 Å². The van der Waals surface area contributed by atoms with Gasteiger partial charge in [0.1, 0.15) is 11.5 Å². The van der Waals surface area contributed by atoms with Gasteiger partial charge in [-0.15, -0.1) is 0 Å². The lowest BCUT2D eigenvalue weighted by Crippen LogP contribution is -2.17. The van der Waals surface area contributed by atoms with Crippen LogP contribution in [0.1, 0.15) is 30.6 Å². The van der Waals surface area contributed by atoms with Gasteiger partial charge in [0.05, 0.1) is 29.5 Å². The molecule has 154 valence electrons. The van der Waals surface area contributed by atoms with E-state index in [9.17, 15) is 4.79 Å². The third-order valence-electron chi connectivity index (χ3n) is 4.91. The van der Waals surface area contributed by atoms with Gasteiger partial charge in [-0.1, -0.05) is 42.5 Å². The lowest BCUT2D eigenvalue weighted by molar-refractivity contribution is 0.0995. The number of hydrogen-bond donors (Lipinski definition) is 0. The molecule has 0 radical (unpaired) electrons. The Morgan fingerprint density at radius 2 is 1.83 bits per heavy atom. The highest BCUT2D eigenvalue weighted by Crippen LogP contribution is 2.27. The molecule has 6 heteroatoms. The molecule has 4 aromatic rings. The van der Waals surface area contributed by atoms with Gasteiger partial charge < -0.3 is 14.0 Å². The number of benzene rings is 3. The van der Waals surface area contributed by atoms with Gasteiger partial charge in [0, 0.05) is 6.54 Å². The standard InChI is InChI=1S/C24H24N2O3S/c1-4-12-26-20-11-10-18(29-5-2)15-22(20)30-24(26)25-23(27)19-13-16-8-6-7-9-17(16)14-21(19)28-3/h6-11,13-15H,4-5,12H2,1-3H3. The molecule has 0 N–H and O–H groups in total. The maximum Gasteiger partial charge on any atom is 0.283 e. The predicted molar refractivity (Wildman–Crippen MR) is 122 cm³/mol. The molecule has 1 aromatic heterocycles. The first kappa shape index (κ1) is 20.2. The molecule has 0 aliphatic heterocycles. The van der Waals surface area contributed by atoms with Gasteiger partial charge in [-0.05, 0) is 54.4 Å². The average Bonchev–Trinajstić information content (AvgIpc) is 3.09. The maximum absolute atomic E-state index is 13.2. The summed E-state index contributed by atoms with van der Waals surface area (Å²) in [6, 6.07) is 17.7. The van der Waals surface area contributed by atoms with Gasteiger partial charge in [-0.2, -0.15) is 4.99 Å². The Hall–Kier alpha value is -3.12. The van der Waals surface area contributed by atoms with E-state index in [1.807, 2.05) is 61.5 Å². The van der Waals surface area contributed by atoms with E-state index in [0.29, 0.717) is 22.7 Å². The largest absolute Gasteiger partial charge is 0.496 e. The van der Waals surface area contributed by atoms with Crippen molar-refractivity contribution in [3.63, 3.8) is 0 Å². The van der Waals surface area contributed by atoms with Crippen LogP contribution in [0.15, 0.2) is 59.6 Å².